The fourth-order valence-electron chi connectivity index (χ4n) is 2.17. The third-order valence-electron chi connectivity index (χ3n) is 3.23. The molecule has 1 amide bonds. The summed E-state index contributed by atoms with van der Waals surface area (Å²) in [5.74, 6) is 1.26. The van der Waals surface area contributed by atoms with Gasteiger partial charge in [-0.05, 0) is 24.1 Å². The van der Waals surface area contributed by atoms with Crippen molar-refractivity contribution in [2.24, 2.45) is 0 Å². The highest BCUT2D eigenvalue weighted by Crippen LogP contribution is 2.12. The van der Waals surface area contributed by atoms with Crippen molar-refractivity contribution in [2.45, 2.75) is 12.5 Å². The van der Waals surface area contributed by atoms with Crippen LogP contribution in [0.2, 0.25) is 0 Å². The molecule has 3 N–H and O–H groups in total. The zero-order valence-electron chi connectivity index (χ0n) is 10.8. The van der Waals surface area contributed by atoms with Gasteiger partial charge in [0.25, 0.3) is 0 Å². The molecular weight excluding hydrogens is 278 g/mol. The largest absolute Gasteiger partial charge is 0.417 e. The van der Waals surface area contributed by atoms with Crippen LogP contribution in [0.3, 0.4) is 0 Å². The van der Waals surface area contributed by atoms with Crippen LogP contribution in [0.4, 0.5) is 0 Å². The smallest absolute Gasteiger partial charge is 0.408 e. The molecule has 3 rings (SSSR count). The number of hydrogen-bond acceptors (Lipinski definition) is 5. The number of oxazole rings is 1. The molecular formula is C13H15N3O3S. The summed E-state index contributed by atoms with van der Waals surface area (Å²) in [6.45, 7) is 0.579. The number of carbonyl (C=O) groups excluding carboxylic acids is 1. The van der Waals surface area contributed by atoms with Crippen molar-refractivity contribution in [3.63, 3.8) is 0 Å². The third kappa shape index (κ3) is 2.88. The molecule has 106 valence electrons. The van der Waals surface area contributed by atoms with E-state index in [-0.39, 0.29) is 11.9 Å². The fourth-order valence-corrected chi connectivity index (χ4v) is 3.11. The summed E-state index contributed by atoms with van der Waals surface area (Å²) in [5.41, 5.74) is 2.28. The van der Waals surface area contributed by atoms with E-state index in [2.05, 4.69) is 15.6 Å². The van der Waals surface area contributed by atoms with Crippen molar-refractivity contribution in [3.05, 3.63) is 34.3 Å². The molecule has 1 fully saturated rings. The van der Waals surface area contributed by atoms with Gasteiger partial charge in [0.05, 0.1) is 11.6 Å². The Labute approximate surface area is 119 Å². The average Bonchev–Trinajstić information content (AvgIpc) is 3.05. The summed E-state index contributed by atoms with van der Waals surface area (Å²) < 4.78 is 4.94. The van der Waals surface area contributed by atoms with Gasteiger partial charge >= 0.3 is 5.76 Å². The van der Waals surface area contributed by atoms with Crippen molar-refractivity contribution in [1.82, 2.24) is 15.6 Å². The maximum atomic E-state index is 11.8. The second kappa shape index (κ2) is 5.72. The van der Waals surface area contributed by atoms with Crippen LogP contribution in [0, 0.1) is 0 Å². The summed E-state index contributed by atoms with van der Waals surface area (Å²) in [6.07, 6.45) is 0.717. The number of thioether (sulfide) groups is 1. The maximum absolute atomic E-state index is 11.8. The molecule has 0 bridgehead atoms. The quantitative estimate of drug-likeness (QED) is 0.761. The molecule has 7 heteroatoms. The van der Waals surface area contributed by atoms with Crippen molar-refractivity contribution < 1.29 is 9.21 Å². The Balaban J connectivity index is 1.56. The van der Waals surface area contributed by atoms with Crippen LogP contribution in [0.5, 0.6) is 0 Å². The van der Waals surface area contributed by atoms with E-state index in [1.54, 1.807) is 17.8 Å². The third-order valence-corrected chi connectivity index (χ3v) is 4.17. The minimum Gasteiger partial charge on any atom is -0.408 e. The first-order valence-electron chi connectivity index (χ1n) is 6.43. The SMILES string of the molecule is O=C(NCCc1ccc2oc(=O)[nH]c2c1)C1CSCN1. The summed E-state index contributed by atoms with van der Waals surface area (Å²) >= 11 is 1.73. The molecule has 0 spiro atoms. The van der Waals surface area contributed by atoms with Gasteiger partial charge < -0.3 is 9.73 Å². The molecule has 2 heterocycles. The Bertz CT molecular complexity index is 673. The molecule has 1 atom stereocenters. The van der Waals surface area contributed by atoms with Crippen LogP contribution >= 0.6 is 11.8 Å². The van der Waals surface area contributed by atoms with E-state index in [1.165, 1.54) is 0 Å². The predicted octanol–water partition coefficient (Wildman–Crippen LogP) is 0.442. The molecule has 1 aliphatic rings. The Kier molecular flexibility index (Phi) is 3.79. The number of benzene rings is 1. The number of nitrogens with one attached hydrogen (secondary N) is 3. The first-order valence-corrected chi connectivity index (χ1v) is 7.58. The normalized spacial score (nSPS) is 18.5. The van der Waals surface area contributed by atoms with Crippen LogP contribution < -0.4 is 16.4 Å². The van der Waals surface area contributed by atoms with Gasteiger partial charge in [0.2, 0.25) is 5.91 Å². The number of aromatic nitrogens is 1. The Hall–Kier alpha value is -1.73. The number of H-pyrrole nitrogens is 1. The van der Waals surface area contributed by atoms with E-state index in [0.29, 0.717) is 17.6 Å². The van der Waals surface area contributed by atoms with E-state index in [0.717, 1.165) is 23.6 Å². The average molecular weight is 293 g/mol. The minimum absolute atomic E-state index is 0.0489. The number of rotatable bonds is 4. The summed E-state index contributed by atoms with van der Waals surface area (Å²) in [4.78, 5) is 25.5. The Morgan fingerprint density at radius 3 is 3.20 bits per heavy atom. The lowest BCUT2D eigenvalue weighted by atomic mass is 10.1. The van der Waals surface area contributed by atoms with Crippen molar-refractivity contribution in [2.75, 3.05) is 18.2 Å². The molecule has 1 aliphatic heterocycles. The Morgan fingerprint density at radius 1 is 1.50 bits per heavy atom. The van der Waals surface area contributed by atoms with Crippen molar-refractivity contribution in [3.8, 4) is 0 Å². The summed E-state index contributed by atoms with van der Waals surface area (Å²) in [6, 6.07) is 5.46. The first-order chi connectivity index (χ1) is 9.72. The number of amides is 1. The number of hydrogen-bond donors (Lipinski definition) is 3. The van der Waals surface area contributed by atoms with Crippen LogP contribution in [-0.4, -0.2) is 35.1 Å². The van der Waals surface area contributed by atoms with Gasteiger partial charge in [-0.1, -0.05) is 6.07 Å². The standard InChI is InChI=1S/C13H15N3O3S/c17-12(10-6-20-7-15-10)14-4-3-8-1-2-11-9(5-8)16-13(18)19-11/h1-2,5,10,15H,3-4,6-7H2,(H,14,17)(H,16,18). The topological polar surface area (TPSA) is 87.1 Å². The van der Waals surface area contributed by atoms with Gasteiger partial charge in [-0.25, -0.2) is 4.79 Å². The molecule has 1 aromatic carbocycles. The molecule has 0 saturated carbocycles. The monoisotopic (exact) mass is 293 g/mol. The molecule has 1 unspecified atom stereocenters. The van der Waals surface area contributed by atoms with Gasteiger partial charge in [0, 0.05) is 18.2 Å². The lowest BCUT2D eigenvalue weighted by molar-refractivity contribution is -0.122. The second-order valence-corrected chi connectivity index (χ2v) is 5.69. The second-order valence-electron chi connectivity index (χ2n) is 4.66. The van der Waals surface area contributed by atoms with Gasteiger partial charge in [-0.15, -0.1) is 11.8 Å². The lowest BCUT2D eigenvalue weighted by Gasteiger charge is -2.10. The molecule has 0 aliphatic carbocycles. The van der Waals surface area contributed by atoms with Crippen LogP contribution in [0.1, 0.15) is 5.56 Å². The summed E-state index contributed by atoms with van der Waals surface area (Å²) in [7, 11) is 0. The van der Waals surface area contributed by atoms with E-state index >= 15 is 0 Å². The molecule has 6 nitrogen and oxygen atoms in total. The molecule has 20 heavy (non-hydrogen) atoms. The molecule has 2 aromatic rings. The zero-order chi connectivity index (χ0) is 13.9. The lowest BCUT2D eigenvalue weighted by Crippen LogP contribution is -2.42. The van der Waals surface area contributed by atoms with Gasteiger partial charge in [0.1, 0.15) is 0 Å². The highest BCUT2D eigenvalue weighted by Gasteiger charge is 2.21. The summed E-state index contributed by atoms with van der Waals surface area (Å²) in [5, 5.41) is 6.05. The highest BCUT2D eigenvalue weighted by atomic mass is 32.2. The van der Waals surface area contributed by atoms with E-state index < -0.39 is 5.76 Å². The van der Waals surface area contributed by atoms with Gasteiger partial charge in [-0.3, -0.25) is 15.1 Å². The fraction of sp³-hybridized carbons (Fsp3) is 0.385. The van der Waals surface area contributed by atoms with E-state index in [1.807, 2.05) is 12.1 Å². The van der Waals surface area contributed by atoms with Gasteiger partial charge in [0.15, 0.2) is 5.58 Å². The Morgan fingerprint density at radius 2 is 2.40 bits per heavy atom. The van der Waals surface area contributed by atoms with Crippen LogP contribution in [0.25, 0.3) is 11.1 Å². The van der Waals surface area contributed by atoms with E-state index in [4.69, 9.17) is 4.42 Å². The van der Waals surface area contributed by atoms with Crippen molar-refractivity contribution >= 4 is 28.8 Å². The van der Waals surface area contributed by atoms with Crippen molar-refractivity contribution in [1.29, 1.82) is 0 Å². The zero-order valence-corrected chi connectivity index (χ0v) is 11.6. The number of carbonyl (C=O) groups is 1. The minimum atomic E-state index is -0.449. The van der Waals surface area contributed by atoms with Crippen LogP contribution in [-0.2, 0) is 11.2 Å². The first kappa shape index (κ1) is 13.3. The number of aromatic amines is 1. The number of fused-ring (bicyclic) bond motifs is 1. The highest BCUT2D eigenvalue weighted by molar-refractivity contribution is 7.99. The predicted molar refractivity (Wildman–Crippen MR) is 77.8 cm³/mol. The van der Waals surface area contributed by atoms with E-state index in [9.17, 15) is 9.59 Å². The van der Waals surface area contributed by atoms with Crippen LogP contribution in [0.15, 0.2) is 27.4 Å². The van der Waals surface area contributed by atoms with Gasteiger partial charge in [-0.2, -0.15) is 0 Å². The molecule has 1 saturated heterocycles. The molecule has 1 aromatic heterocycles. The molecule has 0 radical (unpaired) electrons. The maximum Gasteiger partial charge on any atom is 0.417 e.